The lowest BCUT2D eigenvalue weighted by Crippen LogP contribution is -2.55. The van der Waals surface area contributed by atoms with Gasteiger partial charge in [0.2, 0.25) is 5.91 Å². The van der Waals surface area contributed by atoms with Crippen LogP contribution in [0.15, 0.2) is 24.3 Å². The van der Waals surface area contributed by atoms with Gasteiger partial charge in [-0.25, -0.2) is 4.79 Å². The molecule has 1 N–H and O–H groups in total. The largest absolute Gasteiger partial charge is 0.342 e. The fraction of sp³-hybridized carbons (Fsp3) is 0.609. The highest BCUT2D eigenvalue weighted by molar-refractivity contribution is 6.07. The Morgan fingerprint density at radius 1 is 1.07 bits per heavy atom. The normalized spacial score (nSPS) is 22.6. The van der Waals surface area contributed by atoms with E-state index in [1.165, 1.54) is 10.5 Å². The number of piperidine rings is 2. The number of nitrogens with one attached hydrogen (secondary N) is 1. The Morgan fingerprint density at radius 2 is 1.70 bits per heavy atom. The molecule has 1 aromatic rings. The number of imide groups is 1. The van der Waals surface area contributed by atoms with Crippen molar-refractivity contribution in [1.82, 2.24) is 20.0 Å². The maximum atomic E-state index is 13.2. The molecule has 0 atom stereocenters. The van der Waals surface area contributed by atoms with E-state index in [0.29, 0.717) is 45.2 Å². The Kier molecular flexibility index (Phi) is 5.82. The molecule has 1 spiro atoms. The fourth-order valence-electron chi connectivity index (χ4n) is 4.93. The van der Waals surface area contributed by atoms with Crippen LogP contribution in [0, 0.1) is 6.92 Å². The summed E-state index contributed by atoms with van der Waals surface area (Å²) in [6, 6.07) is 7.66. The average Bonchev–Trinajstić information content (AvgIpc) is 2.99. The number of carbonyl (C=O) groups excluding carboxylic acids is 3. The second-order valence-corrected chi connectivity index (χ2v) is 8.90. The molecule has 7 nitrogen and oxygen atoms in total. The van der Waals surface area contributed by atoms with Gasteiger partial charge in [-0.1, -0.05) is 36.8 Å². The predicted molar refractivity (Wildman–Crippen MR) is 114 cm³/mol. The SMILES string of the molecule is CCN1CCC2(CC1)NC(=O)N(C1CCN(C(=O)Cc3ccc(C)cc3)CC1)C2=O. The fourth-order valence-corrected chi connectivity index (χ4v) is 4.93. The number of hydrogen-bond donors (Lipinski definition) is 1. The van der Waals surface area contributed by atoms with Crippen LogP contribution < -0.4 is 5.32 Å². The van der Waals surface area contributed by atoms with Crippen LogP contribution in [0.4, 0.5) is 4.79 Å². The van der Waals surface area contributed by atoms with Crippen LogP contribution in [0.1, 0.15) is 43.7 Å². The molecule has 3 aliphatic heterocycles. The van der Waals surface area contributed by atoms with Gasteiger partial charge >= 0.3 is 6.03 Å². The zero-order valence-electron chi connectivity index (χ0n) is 18.0. The molecular weight excluding hydrogens is 380 g/mol. The van der Waals surface area contributed by atoms with E-state index in [0.717, 1.165) is 25.2 Å². The van der Waals surface area contributed by atoms with Crippen molar-refractivity contribution in [3.05, 3.63) is 35.4 Å². The summed E-state index contributed by atoms with van der Waals surface area (Å²) >= 11 is 0. The van der Waals surface area contributed by atoms with Gasteiger partial charge in [-0.3, -0.25) is 14.5 Å². The van der Waals surface area contributed by atoms with Gasteiger partial charge in [-0.2, -0.15) is 0 Å². The summed E-state index contributed by atoms with van der Waals surface area (Å²) in [6.45, 7) is 7.96. The van der Waals surface area contributed by atoms with E-state index in [-0.39, 0.29) is 23.9 Å². The quantitative estimate of drug-likeness (QED) is 0.767. The van der Waals surface area contributed by atoms with Gasteiger partial charge in [0.05, 0.1) is 6.42 Å². The number of benzene rings is 1. The number of nitrogens with zero attached hydrogens (tertiary/aromatic N) is 3. The summed E-state index contributed by atoms with van der Waals surface area (Å²) < 4.78 is 0. The maximum Gasteiger partial charge on any atom is 0.325 e. The molecule has 7 heteroatoms. The molecule has 4 rings (SSSR count). The number of hydrogen-bond acceptors (Lipinski definition) is 4. The van der Waals surface area contributed by atoms with Gasteiger partial charge in [0.1, 0.15) is 5.54 Å². The Bertz CT molecular complexity index is 806. The Hall–Kier alpha value is -2.41. The van der Waals surface area contributed by atoms with Crippen LogP contribution in [0.3, 0.4) is 0 Å². The number of aryl methyl sites for hydroxylation is 1. The molecule has 0 unspecified atom stereocenters. The molecule has 30 heavy (non-hydrogen) atoms. The molecule has 3 saturated heterocycles. The lowest BCUT2D eigenvalue weighted by atomic mass is 9.87. The Labute approximate surface area is 178 Å². The highest BCUT2D eigenvalue weighted by atomic mass is 16.2. The van der Waals surface area contributed by atoms with E-state index in [1.54, 1.807) is 0 Å². The summed E-state index contributed by atoms with van der Waals surface area (Å²) in [7, 11) is 0. The summed E-state index contributed by atoms with van der Waals surface area (Å²) in [5.41, 5.74) is 1.47. The van der Waals surface area contributed by atoms with Crippen molar-refractivity contribution in [2.45, 2.75) is 57.5 Å². The van der Waals surface area contributed by atoms with Gasteiger partial charge in [-0.15, -0.1) is 0 Å². The zero-order chi connectivity index (χ0) is 21.3. The minimum absolute atomic E-state index is 0.0623. The molecular formula is C23H32N4O3. The lowest BCUT2D eigenvalue weighted by Gasteiger charge is -2.38. The van der Waals surface area contributed by atoms with Crippen LogP contribution in [-0.4, -0.2) is 76.8 Å². The highest BCUT2D eigenvalue weighted by Crippen LogP contribution is 2.32. The third kappa shape index (κ3) is 3.95. The summed E-state index contributed by atoms with van der Waals surface area (Å²) in [5.74, 6) is 0.0468. The molecule has 4 amide bonds. The number of likely N-dealkylation sites (tertiary alicyclic amines) is 2. The molecule has 3 aliphatic rings. The van der Waals surface area contributed by atoms with E-state index >= 15 is 0 Å². The van der Waals surface area contributed by atoms with E-state index < -0.39 is 5.54 Å². The molecule has 1 aromatic carbocycles. The molecule has 0 bridgehead atoms. The van der Waals surface area contributed by atoms with E-state index in [9.17, 15) is 14.4 Å². The van der Waals surface area contributed by atoms with Crippen LogP contribution in [-0.2, 0) is 16.0 Å². The van der Waals surface area contributed by atoms with Crippen LogP contribution in [0.25, 0.3) is 0 Å². The zero-order valence-corrected chi connectivity index (χ0v) is 18.0. The smallest absolute Gasteiger partial charge is 0.325 e. The standard InChI is InChI=1S/C23H32N4O3/c1-3-25-14-10-23(11-15-25)21(29)27(22(30)24-23)19-8-12-26(13-9-19)20(28)16-18-6-4-17(2)5-7-18/h4-7,19H,3,8-16H2,1-2H3,(H,24,30). The average molecular weight is 413 g/mol. The van der Waals surface area contributed by atoms with E-state index in [1.807, 2.05) is 36.1 Å². The first-order valence-electron chi connectivity index (χ1n) is 11.1. The first kappa shape index (κ1) is 20.8. The van der Waals surface area contributed by atoms with Gasteiger partial charge < -0.3 is 15.1 Å². The molecule has 3 fully saturated rings. The van der Waals surface area contributed by atoms with Crippen molar-refractivity contribution in [2.24, 2.45) is 0 Å². The van der Waals surface area contributed by atoms with Crippen molar-refractivity contribution in [3.8, 4) is 0 Å². The van der Waals surface area contributed by atoms with Crippen molar-refractivity contribution in [2.75, 3.05) is 32.7 Å². The van der Waals surface area contributed by atoms with Crippen LogP contribution in [0.2, 0.25) is 0 Å². The van der Waals surface area contributed by atoms with Gasteiger partial charge in [0, 0.05) is 32.2 Å². The molecule has 3 heterocycles. The molecule has 0 aliphatic carbocycles. The topological polar surface area (TPSA) is 73.0 Å². The van der Waals surface area contributed by atoms with Gasteiger partial charge in [0.25, 0.3) is 5.91 Å². The second kappa shape index (κ2) is 8.38. The maximum absolute atomic E-state index is 13.2. The highest BCUT2D eigenvalue weighted by Gasteiger charge is 2.54. The minimum atomic E-state index is -0.721. The first-order valence-corrected chi connectivity index (χ1v) is 11.1. The number of rotatable bonds is 4. The third-order valence-corrected chi connectivity index (χ3v) is 7.01. The summed E-state index contributed by atoms with van der Waals surface area (Å²) in [6.07, 6.45) is 3.04. The van der Waals surface area contributed by atoms with Crippen molar-refractivity contribution >= 4 is 17.8 Å². The summed E-state index contributed by atoms with van der Waals surface area (Å²) in [5, 5.41) is 3.01. The Balaban J connectivity index is 1.33. The van der Waals surface area contributed by atoms with Crippen molar-refractivity contribution < 1.29 is 14.4 Å². The van der Waals surface area contributed by atoms with Crippen molar-refractivity contribution in [1.29, 1.82) is 0 Å². The summed E-state index contributed by atoms with van der Waals surface area (Å²) in [4.78, 5) is 44.2. The number of urea groups is 1. The second-order valence-electron chi connectivity index (χ2n) is 8.90. The van der Waals surface area contributed by atoms with Crippen LogP contribution >= 0.6 is 0 Å². The van der Waals surface area contributed by atoms with Crippen LogP contribution in [0.5, 0.6) is 0 Å². The Morgan fingerprint density at radius 3 is 2.30 bits per heavy atom. The number of carbonyl (C=O) groups is 3. The van der Waals surface area contributed by atoms with Gasteiger partial charge in [-0.05, 0) is 44.7 Å². The lowest BCUT2D eigenvalue weighted by molar-refractivity contribution is -0.136. The van der Waals surface area contributed by atoms with E-state index in [2.05, 4.69) is 17.1 Å². The first-order chi connectivity index (χ1) is 14.4. The van der Waals surface area contributed by atoms with E-state index in [4.69, 9.17) is 0 Å². The molecule has 0 aromatic heterocycles. The molecule has 0 radical (unpaired) electrons. The molecule has 0 saturated carbocycles. The predicted octanol–water partition coefficient (Wildman–Crippen LogP) is 1.93. The van der Waals surface area contributed by atoms with Crippen molar-refractivity contribution in [3.63, 3.8) is 0 Å². The molecule has 162 valence electrons. The minimum Gasteiger partial charge on any atom is -0.342 e. The number of amides is 4. The monoisotopic (exact) mass is 412 g/mol. The third-order valence-electron chi connectivity index (χ3n) is 7.01. The van der Waals surface area contributed by atoms with Gasteiger partial charge in [0.15, 0.2) is 0 Å².